The van der Waals surface area contributed by atoms with E-state index in [1.807, 2.05) is 0 Å². The fourth-order valence-corrected chi connectivity index (χ4v) is 2.20. The molecule has 2 unspecified atom stereocenters. The van der Waals surface area contributed by atoms with E-state index in [2.05, 4.69) is 27.7 Å². The van der Waals surface area contributed by atoms with Gasteiger partial charge in [0.1, 0.15) is 0 Å². The van der Waals surface area contributed by atoms with Crippen LogP contribution in [0.2, 0.25) is 0 Å². The van der Waals surface area contributed by atoms with Crippen LogP contribution in [0.15, 0.2) is 0 Å². The van der Waals surface area contributed by atoms with Crippen LogP contribution in [0.4, 0.5) is 0 Å². The summed E-state index contributed by atoms with van der Waals surface area (Å²) in [5.74, 6) is 1.58. The molecule has 0 heterocycles. The number of hydrogen-bond acceptors (Lipinski definition) is 1. The molecule has 2 heteroatoms. The summed E-state index contributed by atoms with van der Waals surface area (Å²) in [6, 6.07) is 0. The second kappa shape index (κ2) is 16.0. The van der Waals surface area contributed by atoms with Crippen LogP contribution in [0, 0.1) is 11.8 Å². The molecule has 18 heavy (non-hydrogen) atoms. The van der Waals surface area contributed by atoms with Crippen LogP contribution < -0.4 is 0 Å². The van der Waals surface area contributed by atoms with Crippen LogP contribution >= 0.6 is 0 Å². The second-order valence-electron chi connectivity index (χ2n) is 5.37. The maximum absolute atomic E-state index is 5.93. The summed E-state index contributed by atoms with van der Waals surface area (Å²) in [6.45, 7) is 11.1. The molecular formula is C16H35NaO. The molecule has 0 saturated carbocycles. The number of ether oxygens (including phenoxy) is 1. The first-order valence-electron chi connectivity index (χ1n) is 7.86. The molecule has 1 nitrogen and oxygen atoms in total. The summed E-state index contributed by atoms with van der Waals surface area (Å²) in [7, 11) is 0. The third-order valence-corrected chi connectivity index (χ3v) is 3.79. The Bertz CT molecular complexity index is 134. The molecule has 0 rings (SSSR count). The summed E-state index contributed by atoms with van der Waals surface area (Å²) < 4.78 is 5.93. The van der Waals surface area contributed by atoms with Crippen molar-refractivity contribution in [1.82, 2.24) is 0 Å². The van der Waals surface area contributed by atoms with Crippen LogP contribution in [0.25, 0.3) is 0 Å². The number of rotatable bonds is 12. The van der Waals surface area contributed by atoms with E-state index in [9.17, 15) is 0 Å². The van der Waals surface area contributed by atoms with Crippen molar-refractivity contribution in [2.45, 2.75) is 79.1 Å². The van der Waals surface area contributed by atoms with Crippen LogP contribution in [-0.2, 0) is 4.74 Å². The average Bonchev–Trinajstić information content (AvgIpc) is 2.37. The van der Waals surface area contributed by atoms with Gasteiger partial charge in [-0.1, -0.05) is 66.2 Å². The predicted octanol–water partition coefficient (Wildman–Crippen LogP) is 4.79. The van der Waals surface area contributed by atoms with E-state index in [-0.39, 0.29) is 29.6 Å². The van der Waals surface area contributed by atoms with Crippen molar-refractivity contribution in [3.63, 3.8) is 0 Å². The number of unbranched alkanes of at least 4 members (excludes halogenated alkanes) is 2. The third-order valence-electron chi connectivity index (χ3n) is 3.79. The van der Waals surface area contributed by atoms with E-state index in [0.717, 1.165) is 25.0 Å². The van der Waals surface area contributed by atoms with E-state index < -0.39 is 0 Å². The van der Waals surface area contributed by atoms with Crippen LogP contribution in [0.3, 0.4) is 0 Å². The second-order valence-corrected chi connectivity index (χ2v) is 5.37. The van der Waals surface area contributed by atoms with Gasteiger partial charge in [0.2, 0.25) is 0 Å². The van der Waals surface area contributed by atoms with E-state index in [1.165, 1.54) is 51.4 Å². The van der Waals surface area contributed by atoms with Gasteiger partial charge in [0.25, 0.3) is 0 Å². The average molecular weight is 266 g/mol. The summed E-state index contributed by atoms with van der Waals surface area (Å²) >= 11 is 0. The molecule has 0 aromatic rings. The normalized spacial score (nSPS) is 14.0. The zero-order valence-corrected chi connectivity index (χ0v) is 12.6. The van der Waals surface area contributed by atoms with Gasteiger partial charge in [0, 0.05) is 13.2 Å². The molecular weight excluding hydrogens is 231 g/mol. The van der Waals surface area contributed by atoms with Gasteiger partial charge in [-0.15, -0.1) is 0 Å². The molecule has 0 saturated heterocycles. The molecule has 0 aromatic carbocycles. The SMILES string of the molecule is CCCCC(CC)COCC(CC)CCCC.[NaH]. The molecule has 0 aliphatic carbocycles. The zero-order valence-electron chi connectivity index (χ0n) is 12.6. The van der Waals surface area contributed by atoms with Gasteiger partial charge < -0.3 is 4.74 Å². The third kappa shape index (κ3) is 12.0. The van der Waals surface area contributed by atoms with E-state index in [4.69, 9.17) is 4.74 Å². The molecule has 0 aliphatic rings. The van der Waals surface area contributed by atoms with Gasteiger partial charge in [0.05, 0.1) is 0 Å². The van der Waals surface area contributed by atoms with Crippen LogP contribution in [0.1, 0.15) is 79.1 Å². The van der Waals surface area contributed by atoms with Gasteiger partial charge in [-0.05, 0) is 24.7 Å². The molecule has 0 aliphatic heterocycles. The molecule has 0 bridgehead atoms. The summed E-state index contributed by atoms with van der Waals surface area (Å²) in [5, 5.41) is 0. The van der Waals surface area contributed by atoms with E-state index in [0.29, 0.717) is 0 Å². The van der Waals surface area contributed by atoms with Crippen molar-refractivity contribution in [2.24, 2.45) is 11.8 Å². The molecule has 0 amide bonds. The fourth-order valence-electron chi connectivity index (χ4n) is 2.20. The molecule has 0 N–H and O–H groups in total. The topological polar surface area (TPSA) is 9.23 Å². The summed E-state index contributed by atoms with van der Waals surface area (Å²) in [4.78, 5) is 0. The Balaban J connectivity index is 0. The molecule has 0 radical (unpaired) electrons. The quantitative estimate of drug-likeness (QED) is 0.462. The molecule has 2 atom stereocenters. The first-order chi connectivity index (χ1) is 8.28. The van der Waals surface area contributed by atoms with Crippen molar-refractivity contribution in [1.29, 1.82) is 0 Å². The van der Waals surface area contributed by atoms with Gasteiger partial charge in [-0.2, -0.15) is 0 Å². The molecule has 106 valence electrons. The van der Waals surface area contributed by atoms with E-state index in [1.54, 1.807) is 0 Å². The Morgan fingerprint density at radius 2 is 1.11 bits per heavy atom. The maximum atomic E-state index is 5.93. The van der Waals surface area contributed by atoms with Crippen molar-refractivity contribution in [2.75, 3.05) is 13.2 Å². The van der Waals surface area contributed by atoms with Gasteiger partial charge in [0.15, 0.2) is 0 Å². The monoisotopic (exact) mass is 266 g/mol. The van der Waals surface area contributed by atoms with Crippen molar-refractivity contribution in [3.8, 4) is 0 Å². The molecule has 0 spiro atoms. The van der Waals surface area contributed by atoms with Crippen molar-refractivity contribution >= 4 is 29.6 Å². The van der Waals surface area contributed by atoms with Crippen LogP contribution in [0.5, 0.6) is 0 Å². The Kier molecular flexibility index (Phi) is 18.9. The van der Waals surface area contributed by atoms with Gasteiger partial charge in [-0.3, -0.25) is 0 Å². The Morgan fingerprint density at radius 1 is 0.722 bits per heavy atom. The standard InChI is InChI=1S/C16H34O.Na.H/c1-5-9-11-15(7-3)13-17-14-16(8-4)12-10-6-2;;/h15-16H,5-14H2,1-4H3;;. The molecule has 0 fully saturated rings. The van der Waals surface area contributed by atoms with Crippen molar-refractivity contribution in [3.05, 3.63) is 0 Å². The summed E-state index contributed by atoms with van der Waals surface area (Å²) in [6.07, 6.45) is 10.6. The first-order valence-corrected chi connectivity index (χ1v) is 7.86. The Hall–Kier alpha value is 0.960. The Morgan fingerprint density at radius 3 is 1.39 bits per heavy atom. The van der Waals surface area contributed by atoms with E-state index >= 15 is 0 Å². The molecule has 0 aromatic heterocycles. The summed E-state index contributed by atoms with van der Waals surface area (Å²) in [5.41, 5.74) is 0. The fraction of sp³-hybridized carbons (Fsp3) is 1.00. The van der Waals surface area contributed by atoms with Gasteiger partial charge >= 0.3 is 29.6 Å². The zero-order chi connectivity index (χ0) is 12.9. The Labute approximate surface area is 138 Å². The number of hydrogen-bond donors (Lipinski definition) is 0. The van der Waals surface area contributed by atoms with Gasteiger partial charge in [-0.25, -0.2) is 0 Å². The minimum atomic E-state index is 0. The first kappa shape index (κ1) is 21.3. The van der Waals surface area contributed by atoms with Crippen molar-refractivity contribution < 1.29 is 4.74 Å². The van der Waals surface area contributed by atoms with Crippen LogP contribution in [-0.4, -0.2) is 42.8 Å². The predicted molar refractivity (Wildman–Crippen MR) is 84.6 cm³/mol. The minimum absolute atomic E-state index is 0.